The minimum Gasteiger partial charge on any atom is -0.489 e. The molecular weight excluding hydrogens is 254 g/mol. The normalized spacial score (nSPS) is 22.6. The van der Waals surface area contributed by atoms with Crippen LogP contribution >= 0.6 is 0 Å². The second-order valence-corrected chi connectivity index (χ2v) is 6.21. The van der Waals surface area contributed by atoms with Gasteiger partial charge >= 0.3 is 5.97 Å². The van der Waals surface area contributed by atoms with Crippen LogP contribution in [0.2, 0.25) is 0 Å². The van der Waals surface area contributed by atoms with Gasteiger partial charge in [0.25, 0.3) is 0 Å². The Kier molecular flexibility index (Phi) is 4.33. The molecule has 1 aliphatic heterocycles. The summed E-state index contributed by atoms with van der Waals surface area (Å²) in [6.07, 6.45) is 0.646. The lowest BCUT2D eigenvalue weighted by atomic mass is 9.86. The molecule has 4 nitrogen and oxygen atoms in total. The summed E-state index contributed by atoms with van der Waals surface area (Å²) in [7, 11) is 1.41. The maximum absolute atomic E-state index is 11.5. The first-order valence-electron chi connectivity index (χ1n) is 6.99. The van der Waals surface area contributed by atoms with E-state index >= 15 is 0 Å². The maximum atomic E-state index is 11.5. The number of hydrogen-bond acceptors (Lipinski definition) is 4. The summed E-state index contributed by atoms with van der Waals surface area (Å²) in [6.45, 7) is 7.16. The van der Waals surface area contributed by atoms with Crippen LogP contribution in [0, 0.1) is 0 Å². The third-order valence-electron chi connectivity index (χ3n) is 3.56. The highest BCUT2D eigenvalue weighted by atomic mass is 16.5. The molecule has 110 valence electrons. The van der Waals surface area contributed by atoms with Gasteiger partial charge in [0.2, 0.25) is 0 Å². The van der Waals surface area contributed by atoms with E-state index in [0.29, 0.717) is 13.0 Å². The average molecular weight is 277 g/mol. The van der Waals surface area contributed by atoms with E-state index in [1.54, 1.807) is 0 Å². The number of carbonyl (C=O) groups excluding carboxylic acids is 1. The number of nitrogens with one attached hydrogen (secondary N) is 1. The van der Waals surface area contributed by atoms with E-state index < -0.39 is 0 Å². The minimum absolute atomic E-state index is 0.00241. The number of rotatable bonds is 3. The zero-order valence-corrected chi connectivity index (χ0v) is 12.6. The van der Waals surface area contributed by atoms with Crippen molar-refractivity contribution >= 4 is 5.97 Å². The summed E-state index contributed by atoms with van der Waals surface area (Å²) >= 11 is 0. The molecule has 0 radical (unpaired) electrons. The van der Waals surface area contributed by atoms with Crippen LogP contribution in [-0.4, -0.2) is 31.8 Å². The van der Waals surface area contributed by atoms with Gasteiger partial charge in [-0.15, -0.1) is 0 Å². The molecule has 1 saturated heterocycles. The third kappa shape index (κ3) is 3.31. The summed E-state index contributed by atoms with van der Waals surface area (Å²) in [5, 5.41) is 3.14. The smallest absolute Gasteiger partial charge is 0.323 e. The van der Waals surface area contributed by atoms with E-state index in [0.717, 1.165) is 5.75 Å². The second-order valence-electron chi connectivity index (χ2n) is 6.21. The van der Waals surface area contributed by atoms with Gasteiger partial charge in [-0.3, -0.25) is 4.79 Å². The first-order chi connectivity index (χ1) is 9.41. The van der Waals surface area contributed by atoms with Crippen molar-refractivity contribution in [3.63, 3.8) is 0 Å². The first-order valence-corrected chi connectivity index (χ1v) is 6.99. The Morgan fingerprint density at radius 3 is 2.65 bits per heavy atom. The Bertz CT molecular complexity index is 479. The number of ether oxygens (including phenoxy) is 2. The van der Waals surface area contributed by atoms with E-state index in [9.17, 15) is 4.79 Å². The fourth-order valence-corrected chi connectivity index (χ4v) is 2.48. The van der Waals surface area contributed by atoms with Gasteiger partial charge in [0, 0.05) is 13.0 Å². The lowest BCUT2D eigenvalue weighted by Gasteiger charge is -2.24. The lowest BCUT2D eigenvalue weighted by Crippen LogP contribution is -2.31. The van der Waals surface area contributed by atoms with Crippen molar-refractivity contribution < 1.29 is 14.3 Å². The molecule has 2 rings (SSSR count). The van der Waals surface area contributed by atoms with E-state index in [1.165, 1.54) is 12.7 Å². The van der Waals surface area contributed by atoms with E-state index in [-0.39, 0.29) is 23.5 Å². The van der Waals surface area contributed by atoms with Crippen LogP contribution < -0.4 is 10.1 Å². The van der Waals surface area contributed by atoms with E-state index in [4.69, 9.17) is 9.47 Å². The first kappa shape index (κ1) is 14.9. The van der Waals surface area contributed by atoms with Crippen molar-refractivity contribution in [3.05, 3.63) is 29.8 Å². The third-order valence-corrected chi connectivity index (χ3v) is 3.56. The molecule has 0 aromatic heterocycles. The number of para-hydroxylation sites is 1. The number of carbonyl (C=O) groups is 1. The fourth-order valence-electron chi connectivity index (χ4n) is 2.48. The maximum Gasteiger partial charge on any atom is 0.323 e. The van der Waals surface area contributed by atoms with Gasteiger partial charge in [-0.25, -0.2) is 0 Å². The molecule has 0 saturated carbocycles. The van der Waals surface area contributed by atoms with Crippen molar-refractivity contribution in [3.8, 4) is 5.75 Å². The molecule has 1 heterocycles. The highest BCUT2D eigenvalue weighted by Gasteiger charge is 2.32. The Morgan fingerprint density at radius 2 is 2.00 bits per heavy atom. The van der Waals surface area contributed by atoms with Gasteiger partial charge in [0.15, 0.2) is 0 Å². The zero-order valence-electron chi connectivity index (χ0n) is 12.6. The monoisotopic (exact) mass is 277 g/mol. The fraction of sp³-hybridized carbons (Fsp3) is 0.562. The van der Waals surface area contributed by atoms with E-state index in [1.807, 2.05) is 18.2 Å². The average Bonchev–Trinajstić information content (AvgIpc) is 2.86. The van der Waals surface area contributed by atoms with Gasteiger partial charge in [-0.2, -0.15) is 0 Å². The van der Waals surface area contributed by atoms with Crippen LogP contribution in [0.1, 0.15) is 32.8 Å². The Hall–Kier alpha value is -1.55. The van der Waals surface area contributed by atoms with Crippen molar-refractivity contribution in [1.29, 1.82) is 0 Å². The van der Waals surface area contributed by atoms with Crippen LogP contribution in [-0.2, 0) is 14.9 Å². The van der Waals surface area contributed by atoms with Crippen molar-refractivity contribution in [2.24, 2.45) is 0 Å². The van der Waals surface area contributed by atoms with Crippen LogP contribution in [0.15, 0.2) is 24.3 Å². The van der Waals surface area contributed by atoms with Gasteiger partial charge in [-0.1, -0.05) is 39.0 Å². The molecule has 1 aromatic carbocycles. The summed E-state index contributed by atoms with van der Waals surface area (Å²) in [5.41, 5.74) is 1.21. The minimum atomic E-state index is -0.258. The van der Waals surface area contributed by atoms with Crippen LogP contribution in [0.5, 0.6) is 5.75 Å². The second kappa shape index (κ2) is 5.83. The zero-order chi connectivity index (χ0) is 14.8. The molecule has 4 heteroatoms. The predicted molar refractivity (Wildman–Crippen MR) is 78.0 cm³/mol. The summed E-state index contributed by atoms with van der Waals surface area (Å²) in [4.78, 5) is 11.5. The Labute approximate surface area is 120 Å². The molecule has 0 spiro atoms. The molecule has 1 N–H and O–H groups in total. The van der Waals surface area contributed by atoms with Crippen molar-refractivity contribution in [2.75, 3.05) is 13.7 Å². The van der Waals surface area contributed by atoms with Gasteiger partial charge in [0.05, 0.1) is 7.11 Å². The Balaban J connectivity index is 2.07. The highest BCUT2D eigenvalue weighted by Crippen LogP contribution is 2.32. The molecule has 1 fully saturated rings. The van der Waals surface area contributed by atoms with Crippen LogP contribution in [0.25, 0.3) is 0 Å². The largest absolute Gasteiger partial charge is 0.489 e. The molecule has 0 bridgehead atoms. The molecule has 2 atom stereocenters. The van der Waals surface area contributed by atoms with Crippen molar-refractivity contribution in [2.45, 2.75) is 44.8 Å². The lowest BCUT2D eigenvalue weighted by molar-refractivity contribution is -0.142. The Morgan fingerprint density at radius 1 is 1.30 bits per heavy atom. The molecule has 0 unspecified atom stereocenters. The van der Waals surface area contributed by atoms with Crippen LogP contribution in [0.3, 0.4) is 0 Å². The predicted octanol–water partition coefficient (Wildman–Crippen LogP) is 2.27. The van der Waals surface area contributed by atoms with E-state index in [2.05, 4.69) is 32.2 Å². The van der Waals surface area contributed by atoms with Crippen molar-refractivity contribution in [1.82, 2.24) is 5.32 Å². The topological polar surface area (TPSA) is 47.6 Å². The summed E-state index contributed by atoms with van der Waals surface area (Å²) in [6, 6.07) is 7.83. The number of hydrogen-bond donors (Lipinski definition) is 1. The standard InChI is InChI=1S/C16H23NO3/c1-16(2,3)12-7-5-6-8-14(12)20-11-9-13(17-10-11)15(18)19-4/h5-8,11,13,17H,9-10H2,1-4H3/t11-,13+/m1/s1. The SMILES string of the molecule is COC(=O)[C@@H]1C[C@@H](Oc2ccccc2C(C)(C)C)CN1. The summed E-state index contributed by atoms with van der Waals surface area (Å²) < 4.78 is 10.8. The van der Waals surface area contributed by atoms with Gasteiger partial charge < -0.3 is 14.8 Å². The molecule has 20 heavy (non-hydrogen) atoms. The molecule has 1 aromatic rings. The quantitative estimate of drug-likeness (QED) is 0.861. The van der Waals surface area contributed by atoms with Gasteiger partial charge in [0.1, 0.15) is 17.9 Å². The highest BCUT2D eigenvalue weighted by molar-refractivity contribution is 5.76. The molecule has 1 aliphatic rings. The number of methoxy groups -OCH3 is 1. The summed E-state index contributed by atoms with van der Waals surface area (Å²) in [5.74, 6) is 0.678. The molecular formula is C16H23NO3. The number of esters is 1. The van der Waals surface area contributed by atoms with Crippen LogP contribution in [0.4, 0.5) is 0 Å². The number of benzene rings is 1. The molecule has 0 aliphatic carbocycles. The van der Waals surface area contributed by atoms with Gasteiger partial charge in [-0.05, 0) is 17.0 Å². The molecule has 0 amide bonds.